The van der Waals surface area contributed by atoms with Gasteiger partial charge in [0.05, 0.1) is 24.1 Å². The molecular weight excluding hydrogens is 263 g/mol. The molecule has 0 aliphatic carbocycles. The lowest BCUT2D eigenvalue weighted by atomic mass is 10.0. The first-order valence-corrected chi connectivity index (χ1v) is 6.40. The van der Waals surface area contributed by atoms with Crippen LogP contribution in [-0.2, 0) is 11.3 Å². The van der Waals surface area contributed by atoms with Crippen LogP contribution in [0.25, 0.3) is 0 Å². The average molecular weight is 282 g/mol. The lowest BCUT2D eigenvalue weighted by Gasteiger charge is -2.12. The van der Waals surface area contributed by atoms with Gasteiger partial charge in [0, 0.05) is 12.5 Å². The highest BCUT2D eigenvalue weighted by Crippen LogP contribution is 2.16. The zero-order chi connectivity index (χ0) is 15.1. The molecule has 1 aromatic heterocycles. The van der Waals surface area contributed by atoms with Gasteiger partial charge in [-0.2, -0.15) is 0 Å². The summed E-state index contributed by atoms with van der Waals surface area (Å²) in [5.41, 5.74) is 5.56. The van der Waals surface area contributed by atoms with Crippen molar-refractivity contribution in [1.29, 1.82) is 0 Å². The van der Waals surface area contributed by atoms with E-state index >= 15 is 0 Å². The maximum Gasteiger partial charge on any atom is 0.312 e. The van der Waals surface area contributed by atoms with Gasteiger partial charge in [0.2, 0.25) is 5.91 Å². The Morgan fingerprint density at radius 2 is 2.20 bits per heavy atom. The number of nitrogens with zero attached hydrogens (tertiary/aromatic N) is 1. The largest absolute Gasteiger partial charge is 0.352 e. The fourth-order valence-electron chi connectivity index (χ4n) is 1.55. The van der Waals surface area contributed by atoms with Crippen LogP contribution in [0.3, 0.4) is 0 Å². The van der Waals surface area contributed by atoms with Crippen LogP contribution in [0.2, 0.25) is 0 Å². The molecule has 4 N–H and O–H groups in total. The van der Waals surface area contributed by atoms with E-state index in [1.807, 2.05) is 13.8 Å². The Hall–Kier alpha value is -2.18. The Bertz CT molecular complexity index is 493. The van der Waals surface area contributed by atoms with Crippen LogP contribution >= 0.6 is 0 Å². The van der Waals surface area contributed by atoms with Gasteiger partial charge in [-0.05, 0) is 5.92 Å². The van der Waals surface area contributed by atoms with Crippen LogP contribution in [0.1, 0.15) is 32.4 Å². The fraction of sp³-hybridized carbons (Fsp3) is 0.462. The van der Waals surface area contributed by atoms with Crippen LogP contribution in [0.15, 0.2) is 12.3 Å². The second kappa shape index (κ2) is 7.42. The number of halogens is 1. The van der Waals surface area contributed by atoms with Crippen molar-refractivity contribution in [2.45, 2.75) is 33.2 Å². The van der Waals surface area contributed by atoms with Gasteiger partial charge in [-0.25, -0.2) is 9.18 Å². The predicted octanol–water partition coefficient (Wildman–Crippen LogP) is 1.76. The van der Waals surface area contributed by atoms with Crippen molar-refractivity contribution < 1.29 is 14.0 Å². The number of urea groups is 1. The molecule has 0 saturated heterocycles. The summed E-state index contributed by atoms with van der Waals surface area (Å²) in [7, 11) is 0. The van der Waals surface area contributed by atoms with E-state index < -0.39 is 11.8 Å². The Morgan fingerprint density at radius 1 is 1.50 bits per heavy atom. The summed E-state index contributed by atoms with van der Waals surface area (Å²) in [5.74, 6) is -0.539. The minimum absolute atomic E-state index is 0.0224. The van der Waals surface area contributed by atoms with E-state index in [1.165, 1.54) is 6.07 Å². The van der Waals surface area contributed by atoms with Crippen molar-refractivity contribution in [3.05, 3.63) is 23.8 Å². The molecule has 0 bridgehead atoms. The van der Waals surface area contributed by atoms with E-state index in [9.17, 15) is 14.0 Å². The second-order valence-electron chi connectivity index (χ2n) is 4.63. The molecule has 6 nitrogen and oxygen atoms in total. The topological polar surface area (TPSA) is 97.1 Å². The fourth-order valence-corrected chi connectivity index (χ4v) is 1.55. The van der Waals surface area contributed by atoms with Crippen molar-refractivity contribution in [2.24, 2.45) is 11.7 Å². The summed E-state index contributed by atoms with van der Waals surface area (Å²) in [4.78, 5) is 26.3. The highest BCUT2D eigenvalue weighted by Gasteiger charge is 2.12. The Morgan fingerprint density at radius 3 is 2.80 bits per heavy atom. The van der Waals surface area contributed by atoms with Crippen LogP contribution in [0.5, 0.6) is 0 Å². The average Bonchev–Trinajstić information content (AvgIpc) is 2.37. The van der Waals surface area contributed by atoms with Crippen LogP contribution < -0.4 is 16.4 Å². The number of carbonyl (C=O) groups excluding carboxylic acids is 2. The zero-order valence-electron chi connectivity index (χ0n) is 11.6. The molecule has 0 aromatic carbocycles. The van der Waals surface area contributed by atoms with Crippen molar-refractivity contribution in [3.8, 4) is 0 Å². The quantitative estimate of drug-likeness (QED) is 0.741. The monoisotopic (exact) mass is 282 g/mol. The van der Waals surface area contributed by atoms with Crippen molar-refractivity contribution >= 4 is 17.6 Å². The first-order chi connectivity index (χ1) is 9.42. The van der Waals surface area contributed by atoms with E-state index in [-0.39, 0.29) is 24.1 Å². The summed E-state index contributed by atoms with van der Waals surface area (Å²) in [5, 5.41) is 4.96. The molecule has 1 heterocycles. The van der Waals surface area contributed by atoms with Crippen LogP contribution in [0, 0.1) is 11.7 Å². The summed E-state index contributed by atoms with van der Waals surface area (Å²) in [6, 6.07) is 0.451. The van der Waals surface area contributed by atoms with E-state index in [4.69, 9.17) is 5.73 Å². The van der Waals surface area contributed by atoms with E-state index in [2.05, 4.69) is 15.6 Å². The number of pyridine rings is 1. The van der Waals surface area contributed by atoms with Gasteiger partial charge in [-0.1, -0.05) is 20.3 Å². The molecule has 0 spiro atoms. The number of nitrogens with two attached hydrogens (primary N) is 1. The third-order valence-electron chi connectivity index (χ3n) is 2.87. The number of rotatable bonds is 6. The van der Waals surface area contributed by atoms with Gasteiger partial charge in [0.1, 0.15) is 5.82 Å². The molecule has 0 fully saturated rings. The number of hydrogen-bond acceptors (Lipinski definition) is 3. The predicted molar refractivity (Wildman–Crippen MR) is 73.3 cm³/mol. The maximum atomic E-state index is 13.2. The third-order valence-corrected chi connectivity index (χ3v) is 2.87. The highest BCUT2D eigenvalue weighted by atomic mass is 19.1. The van der Waals surface area contributed by atoms with E-state index in [0.717, 1.165) is 12.6 Å². The van der Waals surface area contributed by atoms with Crippen molar-refractivity contribution in [1.82, 2.24) is 10.3 Å². The van der Waals surface area contributed by atoms with Gasteiger partial charge >= 0.3 is 6.03 Å². The molecule has 0 saturated carbocycles. The smallest absolute Gasteiger partial charge is 0.312 e. The molecule has 20 heavy (non-hydrogen) atoms. The molecule has 110 valence electrons. The number of hydrogen-bond donors (Lipinski definition) is 3. The van der Waals surface area contributed by atoms with Gasteiger partial charge in [0.25, 0.3) is 0 Å². The number of aromatic nitrogens is 1. The molecule has 7 heteroatoms. The van der Waals surface area contributed by atoms with Gasteiger partial charge < -0.3 is 16.4 Å². The lowest BCUT2D eigenvalue weighted by molar-refractivity contribution is -0.117. The van der Waals surface area contributed by atoms with Gasteiger partial charge in [0.15, 0.2) is 0 Å². The summed E-state index contributed by atoms with van der Waals surface area (Å²) in [6.45, 7) is 3.97. The maximum absolute atomic E-state index is 13.2. The zero-order valence-corrected chi connectivity index (χ0v) is 11.6. The SMILES string of the molecule is CCC(C)CC(=O)Nc1cc(F)cnc1CNC(N)=O. The third kappa shape index (κ3) is 5.21. The number of anilines is 1. The summed E-state index contributed by atoms with van der Waals surface area (Å²) < 4.78 is 13.2. The number of primary amides is 1. The molecule has 1 aromatic rings. The Labute approximate surface area is 116 Å². The molecule has 0 aliphatic rings. The molecule has 1 rings (SSSR count). The van der Waals surface area contributed by atoms with Crippen LogP contribution in [-0.4, -0.2) is 16.9 Å². The molecule has 1 unspecified atom stereocenters. The van der Waals surface area contributed by atoms with Gasteiger partial charge in [-0.3, -0.25) is 9.78 Å². The number of carbonyl (C=O) groups is 2. The summed E-state index contributed by atoms with van der Waals surface area (Å²) in [6.07, 6.45) is 2.24. The minimum atomic E-state index is -0.715. The van der Waals surface area contributed by atoms with Crippen molar-refractivity contribution in [3.63, 3.8) is 0 Å². The first-order valence-electron chi connectivity index (χ1n) is 6.40. The van der Waals surface area contributed by atoms with Crippen LogP contribution in [0.4, 0.5) is 14.9 Å². The molecule has 3 amide bonds. The number of amides is 3. The molecule has 0 radical (unpaired) electrons. The number of nitrogens with one attached hydrogen (secondary N) is 2. The van der Waals surface area contributed by atoms with Gasteiger partial charge in [-0.15, -0.1) is 0 Å². The second-order valence-corrected chi connectivity index (χ2v) is 4.63. The minimum Gasteiger partial charge on any atom is -0.352 e. The lowest BCUT2D eigenvalue weighted by Crippen LogP contribution is -2.29. The normalized spacial score (nSPS) is 11.8. The van der Waals surface area contributed by atoms with E-state index in [1.54, 1.807) is 0 Å². The first kappa shape index (κ1) is 15.9. The molecular formula is C13H19FN4O2. The Balaban J connectivity index is 2.78. The van der Waals surface area contributed by atoms with Crippen molar-refractivity contribution in [2.75, 3.05) is 5.32 Å². The standard InChI is InChI=1S/C13H19FN4O2/c1-3-8(2)4-12(19)18-10-5-9(14)6-16-11(10)7-17-13(15)20/h5-6,8H,3-4,7H2,1-2H3,(H,18,19)(H3,15,17,20). The molecule has 1 atom stereocenters. The molecule has 0 aliphatic heterocycles. The van der Waals surface area contributed by atoms with E-state index in [0.29, 0.717) is 12.1 Å². The Kier molecular flexibility index (Phi) is 5.89. The highest BCUT2D eigenvalue weighted by molar-refractivity contribution is 5.91. The summed E-state index contributed by atoms with van der Waals surface area (Å²) >= 11 is 0.